The number of nitrogens with one attached hydrogen (secondary N) is 2. The van der Waals surface area contributed by atoms with Gasteiger partial charge in [-0.3, -0.25) is 10.2 Å². The first-order valence-electron chi connectivity index (χ1n) is 9.50. The number of hydrogen-bond acceptors (Lipinski definition) is 7. The number of hydrogen-bond donors (Lipinski definition) is 2. The molecule has 1 fully saturated rings. The molecule has 0 unspecified atom stereocenters. The molecule has 1 aliphatic heterocycles. The molecular weight excluding hydrogens is 374 g/mol. The Morgan fingerprint density at radius 2 is 2.18 bits per heavy atom. The number of carbonyl (C=O) groups excluding carboxylic acids is 1. The molecule has 7 heteroatoms. The van der Waals surface area contributed by atoms with Crippen LogP contribution in [0.2, 0.25) is 0 Å². The van der Waals surface area contributed by atoms with Gasteiger partial charge in [0.05, 0.1) is 18.2 Å². The maximum Gasteiger partial charge on any atom is 0.309 e. The normalized spacial score (nSPS) is 18.9. The second kappa shape index (κ2) is 9.71. The largest absolute Gasteiger partial charge is 0.460 e. The van der Waals surface area contributed by atoms with Gasteiger partial charge in [-0.05, 0) is 5.92 Å². The number of thiazole rings is 1. The number of aromatic nitrogens is 1. The molecule has 6 nitrogen and oxygen atoms in total. The Morgan fingerprint density at radius 1 is 1.39 bits per heavy atom. The van der Waals surface area contributed by atoms with Crippen molar-refractivity contribution in [1.82, 2.24) is 10.4 Å². The van der Waals surface area contributed by atoms with E-state index >= 15 is 0 Å². The van der Waals surface area contributed by atoms with Gasteiger partial charge in [-0.2, -0.15) is 0 Å². The Bertz CT molecular complexity index is 791. The number of rotatable bonds is 10. The maximum absolute atomic E-state index is 12.1. The third-order valence-corrected chi connectivity index (χ3v) is 5.09. The molecule has 0 amide bonds. The molecule has 1 aromatic carbocycles. The first-order valence-corrected chi connectivity index (χ1v) is 10.4. The second-order valence-corrected chi connectivity index (χ2v) is 8.24. The van der Waals surface area contributed by atoms with Crippen LogP contribution in [0, 0.1) is 11.8 Å². The van der Waals surface area contributed by atoms with Gasteiger partial charge in [0.15, 0.2) is 0 Å². The minimum atomic E-state index is -0.189. The van der Waals surface area contributed by atoms with Crippen LogP contribution in [0.1, 0.15) is 26.7 Å². The number of nitrogens with zero attached hydrogens (tertiary/aromatic N) is 1. The number of allylic oxidation sites excluding steroid dienone is 1. The van der Waals surface area contributed by atoms with E-state index in [0.717, 1.165) is 22.1 Å². The monoisotopic (exact) mass is 401 g/mol. The highest BCUT2D eigenvalue weighted by molar-refractivity contribution is 7.14. The highest BCUT2D eigenvalue weighted by atomic mass is 32.1. The minimum absolute atomic E-state index is 0.163. The van der Waals surface area contributed by atoms with E-state index in [4.69, 9.17) is 9.47 Å². The average Bonchev–Trinajstić information content (AvgIpc) is 3.28. The van der Waals surface area contributed by atoms with Gasteiger partial charge in [0.2, 0.25) is 5.13 Å². The fourth-order valence-corrected chi connectivity index (χ4v) is 3.66. The third kappa shape index (κ3) is 5.81. The van der Waals surface area contributed by atoms with Crippen molar-refractivity contribution in [2.45, 2.75) is 32.8 Å². The number of benzene rings is 1. The van der Waals surface area contributed by atoms with Crippen molar-refractivity contribution in [2.24, 2.45) is 11.8 Å². The average molecular weight is 402 g/mol. The standard InChI is InChI=1S/C21H27N3O3S/c1-14(2)11-26-12-18-10-17(20(25)27-18)9-15(3)23-24-21-22-19(13-28-21)16-7-5-4-6-8-16/h4-8,13-14,17-18,23H,3,9-12H2,1-2H3,(H,22,24)/t17-,18-/m0/s1. The molecule has 2 atom stereocenters. The molecule has 2 N–H and O–H groups in total. The molecule has 0 spiro atoms. The summed E-state index contributed by atoms with van der Waals surface area (Å²) in [6.45, 7) is 9.33. The molecule has 2 aromatic rings. The van der Waals surface area contributed by atoms with Gasteiger partial charge in [-0.15, -0.1) is 11.3 Å². The summed E-state index contributed by atoms with van der Waals surface area (Å²) >= 11 is 1.51. The van der Waals surface area contributed by atoms with Crippen LogP contribution in [0.4, 0.5) is 5.13 Å². The maximum atomic E-state index is 12.1. The molecule has 150 valence electrons. The van der Waals surface area contributed by atoms with Crippen LogP contribution >= 0.6 is 11.3 Å². The summed E-state index contributed by atoms with van der Waals surface area (Å²) in [5, 5.41) is 2.74. The molecule has 1 aliphatic rings. The number of carbonyl (C=O) groups is 1. The van der Waals surface area contributed by atoms with Crippen molar-refractivity contribution in [1.29, 1.82) is 0 Å². The number of cyclic esters (lactones) is 1. The summed E-state index contributed by atoms with van der Waals surface area (Å²) in [5.74, 6) is 0.101. The van der Waals surface area contributed by atoms with E-state index in [1.807, 2.05) is 35.7 Å². The molecule has 0 bridgehead atoms. The fourth-order valence-electron chi connectivity index (χ4n) is 2.99. The van der Waals surface area contributed by atoms with E-state index in [-0.39, 0.29) is 18.0 Å². The van der Waals surface area contributed by atoms with Crippen molar-refractivity contribution < 1.29 is 14.3 Å². The van der Waals surface area contributed by atoms with Crippen LogP contribution in [0.3, 0.4) is 0 Å². The number of anilines is 1. The van der Waals surface area contributed by atoms with Gasteiger partial charge < -0.3 is 14.9 Å². The van der Waals surface area contributed by atoms with Crippen LogP contribution in [0.5, 0.6) is 0 Å². The smallest absolute Gasteiger partial charge is 0.309 e. The van der Waals surface area contributed by atoms with E-state index in [0.29, 0.717) is 32.0 Å². The van der Waals surface area contributed by atoms with Crippen LogP contribution in [-0.2, 0) is 14.3 Å². The van der Waals surface area contributed by atoms with Gasteiger partial charge in [0.25, 0.3) is 0 Å². The quantitative estimate of drug-likeness (QED) is 0.458. The number of ether oxygens (including phenoxy) is 2. The zero-order chi connectivity index (χ0) is 19.9. The zero-order valence-corrected chi connectivity index (χ0v) is 17.1. The molecule has 2 heterocycles. The van der Waals surface area contributed by atoms with Crippen LogP contribution in [0.25, 0.3) is 11.3 Å². The Morgan fingerprint density at radius 3 is 2.93 bits per heavy atom. The topological polar surface area (TPSA) is 72.5 Å². The predicted octanol–water partition coefficient (Wildman–Crippen LogP) is 4.23. The number of hydrazine groups is 1. The Kier molecular flexibility index (Phi) is 7.06. The second-order valence-electron chi connectivity index (χ2n) is 7.38. The molecule has 1 saturated heterocycles. The summed E-state index contributed by atoms with van der Waals surface area (Å²) in [7, 11) is 0. The molecule has 3 rings (SSSR count). The first-order chi connectivity index (χ1) is 13.5. The Hall–Kier alpha value is -2.38. The van der Waals surface area contributed by atoms with Crippen LogP contribution in [-0.4, -0.2) is 30.3 Å². The van der Waals surface area contributed by atoms with E-state index in [1.165, 1.54) is 11.3 Å². The van der Waals surface area contributed by atoms with Gasteiger partial charge >= 0.3 is 5.97 Å². The lowest BCUT2D eigenvalue weighted by atomic mass is 10.00. The zero-order valence-electron chi connectivity index (χ0n) is 16.3. The summed E-state index contributed by atoms with van der Waals surface area (Å²) < 4.78 is 11.0. The summed E-state index contributed by atoms with van der Waals surface area (Å²) in [5.41, 5.74) is 8.83. The van der Waals surface area contributed by atoms with Gasteiger partial charge in [-0.1, -0.05) is 50.8 Å². The van der Waals surface area contributed by atoms with Crippen molar-refractivity contribution >= 4 is 22.4 Å². The van der Waals surface area contributed by atoms with E-state index in [2.05, 4.69) is 36.3 Å². The van der Waals surface area contributed by atoms with Crippen LogP contribution < -0.4 is 10.9 Å². The third-order valence-electron chi connectivity index (χ3n) is 4.33. The highest BCUT2D eigenvalue weighted by Gasteiger charge is 2.34. The first kappa shape index (κ1) is 20.4. The summed E-state index contributed by atoms with van der Waals surface area (Å²) in [4.78, 5) is 16.6. The Labute approximate surface area is 169 Å². The molecule has 0 saturated carbocycles. The van der Waals surface area contributed by atoms with E-state index in [9.17, 15) is 4.79 Å². The van der Waals surface area contributed by atoms with Crippen molar-refractivity contribution in [3.8, 4) is 11.3 Å². The molecule has 0 radical (unpaired) electrons. The minimum Gasteiger partial charge on any atom is -0.460 e. The lowest BCUT2D eigenvalue weighted by molar-refractivity contribution is -0.146. The molecule has 28 heavy (non-hydrogen) atoms. The molecule has 1 aromatic heterocycles. The van der Waals surface area contributed by atoms with E-state index in [1.54, 1.807) is 0 Å². The van der Waals surface area contributed by atoms with Crippen LogP contribution in [0.15, 0.2) is 48.0 Å². The van der Waals surface area contributed by atoms with Crippen molar-refractivity contribution in [2.75, 3.05) is 18.6 Å². The highest BCUT2D eigenvalue weighted by Crippen LogP contribution is 2.27. The van der Waals surface area contributed by atoms with Gasteiger partial charge in [0.1, 0.15) is 6.10 Å². The predicted molar refractivity (Wildman–Crippen MR) is 112 cm³/mol. The van der Waals surface area contributed by atoms with Crippen molar-refractivity contribution in [3.05, 3.63) is 48.0 Å². The molecular formula is C21H27N3O3S. The summed E-state index contributed by atoms with van der Waals surface area (Å²) in [6.07, 6.45) is 1.01. The summed E-state index contributed by atoms with van der Waals surface area (Å²) in [6, 6.07) is 10.0. The fraction of sp³-hybridized carbons (Fsp3) is 0.429. The lowest BCUT2D eigenvalue weighted by Crippen LogP contribution is -2.23. The van der Waals surface area contributed by atoms with Gasteiger partial charge in [-0.25, -0.2) is 4.98 Å². The number of esters is 1. The Balaban J connectivity index is 1.42. The van der Waals surface area contributed by atoms with Gasteiger partial charge in [0, 0.05) is 36.1 Å². The molecule has 0 aliphatic carbocycles. The van der Waals surface area contributed by atoms with Crippen molar-refractivity contribution in [3.63, 3.8) is 0 Å². The SMILES string of the molecule is C=C(C[C@H]1C[C@@H](COCC(C)C)OC1=O)NNc1nc(-c2ccccc2)cs1. The lowest BCUT2D eigenvalue weighted by Gasteiger charge is -2.12. The van der Waals surface area contributed by atoms with E-state index < -0.39 is 0 Å².